The smallest absolute Gasteiger partial charge is 0.307 e. The van der Waals surface area contributed by atoms with Crippen LogP contribution in [0.15, 0.2) is 28.4 Å². The number of thiazole rings is 1. The van der Waals surface area contributed by atoms with Crippen LogP contribution in [0.5, 0.6) is 0 Å². The normalized spacial score (nSPS) is 10.6. The van der Waals surface area contributed by atoms with Gasteiger partial charge in [-0.2, -0.15) is 0 Å². The zero-order valence-corrected chi connectivity index (χ0v) is 11.3. The Kier molecular flexibility index (Phi) is 3.58. The minimum absolute atomic E-state index is 0.0923. The van der Waals surface area contributed by atoms with Crippen LogP contribution in [0.1, 0.15) is 16.8 Å². The molecule has 2 rings (SSSR count). The number of rotatable bonds is 3. The Morgan fingerprint density at radius 3 is 2.78 bits per heavy atom. The highest BCUT2D eigenvalue weighted by atomic mass is 32.1. The van der Waals surface area contributed by atoms with E-state index >= 15 is 0 Å². The number of hydrogen-bond acceptors (Lipinski definition) is 3. The minimum Gasteiger partial charge on any atom is -0.389 e. The van der Waals surface area contributed by atoms with Crippen LogP contribution in [0.4, 0.5) is 4.39 Å². The van der Waals surface area contributed by atoms with E-state index in [9.17, 15) is 9.18 Å². The van der Waals surface area contributed by atoms with Crippen LogP contribution in [0.3, 0.4) is 0 Å². The molecule has 0 amide bonds. The third-order valence-electron chi connectivity index (χ3n) is 2.64. The second-order valence-corrected chi connectivity index (χ2v) is 5.16. The standard InChI is InChI=1S/C12H11FN2OS2/c1-7-6-18-12(16)15(7)5-9-3-2-8(11(14)17)4-10(9)13/h2-4,6H,5H2,1H3,(H2,14,17). The number of aromatic nitrogens is 1. The summed E-state index contributed by atoms with van der Waals surface area (Å²) in [6.07, 6.45) is 0. The molecule has 0 aliphatic heterocycles. The summed E-state index contributed by atoms with van der Waals surface area (Å²) >= 11 is 5.89. The number of nitrogens with zero attached hydrogens (tertiary/aromatic N) is 1. The molecule has 2 aromatic rings. The maximum absolute atomic E-state index is 13.8. The van der Waals surface area contributed by atoms with Crippen LogP contribution < -0.4 is 10.6 Å². The third kappa shape index (κ3) is 2.49. The van der Waals surface area contributed by atoms with Gasteiger partial charge >= 0.3 is 4.87 Å². The van der Waals surface area contributed by atoms with Crippen molar-refractivity contribution >= 4 is 28.5 Å². The lowest BCUT2D eigenvalue weighted by atomic mass is 10.1. The fourth-order valence-corrected chi connectivity index (χ4v) is 2.46. The first-order valence-electron chi connectivity index (χ1n) is 5.22. The first kappa shape index (κ1) is 12.9. The molecule has 0 atom stereocenters. The van der Waals surface area contributed by atoms with Crippen LogP contribution in [-0.4, -0.2) is 9.56 Å². The second-order valence-electron chi connectivity index (χ2n) is 3.90. The topological polar surface area (TPSA) is 48.0 Å². The van der Waals surface area contributed by atoms with E-state index in [0.29, 0.717) is 11.1 Å². The van der Waals surface area contributed by atoms with Crippen molar-refractivity contribution in [2.24, 2.45) is 5.73 Å². The van der Waals surface area contributed by atoms with Gasteiger partial charge in [0.15, 0.2) is 0 Å². The fraction of sp³-hybridized carbons (Fsp3) is 0.167. The van der Waals surface area contributed by atoms with Crippen molar-refractivity contribution in [2.45, 2.75) is 13.5 Å². The number of thiocarbonyl (C=S) groups is 1. The molecular formula is C12H11FN2OS2. The molecule has 3 nitrogen and oxygen atoms in total. The molecule has 0 radical (unpaired) electrons. The number of nitrogens with two attached hydrogens (primary N) is 1. The van der Waals surface area contributed by atoms with Gasteiger partial charge < -0.3 is 5.73 Å². The van der Waals surface area contributed by atoms with Crippen LogP contribution in [0.2, 0.25) is 0 Å². The average Bonchev–Trinajstić information content (AvgIpc) is 2.63. The Bertz CT molecular complexity index is 660. The minimum atomic E-state index is -0.405. The zero-order valence-electron chi connectivity index (χ0n) is 9.64. The summed E-state index contributed by atoms with van der Waals surface area (Å²) in [4.78, 5) is 11.6. The third-order valence-corrected chi connectivity index (χ3v) is 3.76. The van der Waals surface area contributed by atoms with Crippen molar-refractivity contribution in [1.82, 2.24) is 4.57 Å². The van der Waals surface area contributed by atoms with Gasteiger partial charge in [0, 0.05) is 22.2 Å². The molecule has 0 spiro atoms. The molecular weight excluding hydrogens is 271 g/mol. The Morgan fingerprint density at radius 1 is 1.56 bits per heavy atom. The van der Waals surface area contributed by atoms with Gasteiger partial charge in [-0.3, -0.25) is 9.36 Å². The number of hydrogen-bond donors (Lipinski definition) is 1. The molecule has 0 aliphatic rings. The van der Waals surface area contributed by atoms with Gasteiger partial charge in [-0.1, -0.05) is 35.7 Å². The summed E-state index contributed by atoms with van der Waals surface area (Å²) in [5.74, 6) is -0.405. The Morgan fingerprint density at radius 2 is 2.28 bits per heavy atom. The predicted octanol–water partition coefficient (Wildman–Crippen LogP) is 2.04. The SMILES string of the molecule is Cc1csc(=O)n1Cc1ccc(C(N)=S)cc1F. The average molecular weight is 282 g/mol. The summed E-state index contributed by atoms with van der Waals surface area (Å²) in [6.45, 7) is 2.04. The van der Waals surface area contributed by atoms with Crippen molar-refractivity contribution in [3.05, 3.63) is 55.9 Å². The summed E-state index contributed by atoms with van der Waals surface area (Å²) in [5, 5.41) is 1.75. The molecule has 6 heteroatoms. The summed E-state index contributed by atoms with van der Waals surface area (Å²) in [7, 11) is 0. The Labute approximate surface area is 113 Å². The molecule has 1 aromatic carbocycles. The van der Waals surface area contributed by atoms with E-state index in [1.54, 1.807) is 17.5 Å². The molecule has 0 fully saturated rings. The second kappa shape index (κ2) is 4.99. The molecule has 2 N–H and O–H groups in total. The lowest BCUT2D eigenvalue weighted by Gasteiger charge is -2.07. The number of halogens is 1. The van der Waals surface area contributed by atoms with Crippen molar-refractivity contribution < 1.29 is 4.39 Å². The van der Waals surface area contributed by atoms with E-state index in [4.69, 9.17) is 18.0 Å². The first-order chi connectivity index (χ1) is 8.49. The van der Waals surface area contributed by atoms with Gasteiger partial charge in [-0.25, -0.2) is 4.39 Å². The zero-order chi connectivity index (χ0) is 13.3. The summed E-state index contributed by atoms with van der Waals surface area (Å²) < 4.78 is 15.4. The van der Waals surface area contributed by atoms with E-state index in [0.717, 1.165) is 17.0 Å². The van der Waals surface area contributed by atoms with Crippen molar-refractivity contribution in [3.63, 3.8) is 0 Å². The summed E-state index contributed by atoms with van der Waals surface area (Å²) in [6, 6.07) is 4.56. The molecule has 18 heavy (non-hydrogen) atoms. The lowest BCUT2D eigenvalue weighted by molar-refractivity contribution is 0.595. The number of benzene rings is 1. The molecule has 1 heterocycles. The van der Waals surface area contributed by atoms with Crippen molar-refractivity contribution in [2.75, 3.05) is 0 Å². The van der Waals surface area contributed by atoms with E-state index in [1.165, 1.54) is 10.6 Å². The monoisotopic (exact) mass is 282 g/mol. The van der Waals surface area contributed by atoms with Crippen LogP contribution >= 0.6 is 23.6 Å². The van der Waals surface area contributed by atoms with Gasteiger partial charge in [-0.05, 0) is 13.0 Å². The predicted molar refractivity (Wildman–Crippen MR) is 74.7 cm³/mol. The fourth-order valence-electron chi connectivity index (χ4n) is 1.60. The Hall–Kier alpha value is -1.53. The molecule has 0 bridgehead atoms. The molecule has 0 aliphatic carbocycles. The largest absolute Gasteiger partial charge is 0.389 e. The van der Waals surface area contributed by atoms with Gasteiger partial charge in [0.05, 0.1) is 6.54 Å². The maximum Gasteiger partial charge on any atom is 0.307 e. The van der Waals surface area contributed by atoms with E-state index in [2.05, 4.69) is 0 Å². The molecule has 1 aromatic heterocycles. The maximum atomic E-state index is 13.8. The van der Waals surface area contributed by atoms with Crippen molar-refractivity contribution in [3.8, 4) is 0 Å². The van der Waals surface area contributed by atoms with Gasteiger partial charge in [0.2, 0.25) is 0 Å². The molecule has 94 valence electrons. The van der Waals surface area contributed by atoms with Gasteiger partial charge in [-0.15, -0.1) is 0 Å². The highest BCUT2D eigenvalue weighted by molar-refractivity contribution is 7.80. The molecule has 0 unspecified atom stereocenters. The van der Waals surface area contributed by atoms with Crippen LogP contribution in [0.25, 0.3) is 0 Å². The van der Waals surface area contributed by atoms with Crippen molar-refractivity contribution in [1.29, 1.82) is 0 Å². The first-order valence-corrected chi connectivity index (χ1v) is 6.51. The Balaban J connectivity index is 2.36. The summed E-state index contributed by atoms with van der Waals surface area (Å²) in [5.41, 5.74) is 7.18. The van der Waals surface area contributed by atoms with E-state index < -0.39 is 5.82 Å². The van der Waals surface area contributed by atoms with E-state index in [-0.39, 0.29) is 16.4 Å². The lowest BCUT2D eigenvalue weighted by Crippen LogP contribution is -2.16. The van der Waals surface area contributed by atoms with Gasteiger partial charge in [0.1, 0.15) is 10.8 Å². The van der Waals surface area contributed by atoms with Gasteiger partial charge in [0.25, 0.3) is 0 Å². The highest BCUT2D eigenvalue weighted by Gasteiger charge is 2.09. The quantitative estimate of drug-likeness (QED) is 0.876. The highest BCUT2D eigenvalue weighted by Crippen LogP contribution is 2.13. The van der Waals surface area contributed by atoms with E-state index in [1.807, 2.05) is 6.92 Å². The van der Waals surface area contributed by atoms with Crippen LogP contribution in [-0.2, 0) is 6.54 Å². The molecule has 0 saturated carbocycles. The molecule has 0 saturated heterocycles. The van der Waals surface area contributed by atoms with Crippen LogP contribution in [0, 0.1) is 12.7 Å². The number of aryl methyl sites for hydroxylation is 1.